The van der Waals surface area contributed by atoms with Gasteiger partial charge in [0, 0.05) is 0 Å². The van der Waals surface area contributed by atoms with Crippen molar-refractivity contribution in [2.75, 3.05) is 0 Å². The van der Waals surface area contributed by atoms with Crippen molar-refractivity contribution >= 4 is 12.6 Å². The van der Waals surface area contributed by atoms with Crippen molar-refractivity contribution in [3.05, 3.63) is 35.4 Å². The molecule has 0 atom stereocenters. The van der Waals surface area contributed by atoms with Crippen LogP contribution in [0.25, 0.3) is 0 Å². The number of hydrogen-bond donors (Lipinski definition) is 1. The van der Waals surface area contributed by atoms with E-state index in [4.69, 9.17) is 4.65 Å². The van der Waals surface area contributed by atoms with Crippen molar-refractivity contribution in [1.29, 1.82) is 0 Å². The molecule has 1 aliphatic heterocycles. The molecule has 0 spiro atoms. The van der Waals surface area contributed by atoms with Gasteiger partial charge in [-0.05, 0) is 0 Å². The predicted octanol–water partition coefficient (Wildman–Crippen LogP) is -2.38. The maximum Gasteiger partial charge on any atom is 1.00 e. The topological polar surface area (TPSA) is 29.5 Å². The molecule has 0 bridgehead atoms. The number of hydrogen-bond acceptors (Lipinski definition) is 2. The Hall–Kier alpha value is 0.880. The summed E-state index contributed by atoms with van der Waals surface area (Å²) in [5.74, 6) is 0. The van der Waals surface area contributed by atoms with Gasteiger partial charge >= 0.3 is 65.3 Å². The number of fused-ring (bicyclic) bond motifs is 1. The summed E-state index contributed by atoms with van der Waals surface area (Å²) in [6.45, 7) is 3.90. The fourth-order valence-electron chi connectivity index (χ4n) is 1.48. The Morgan fingerprint density at radius 1 is 1.46 bits per heavy atom. The molecule has 0 fully saturated rings. The average Bonchev–Trinajstić information content (AvgIpc) is 2.28. The van der Waals surface area contributed by atoms with Crippen LogP contribution in [-0.2, 0) is 4.65 Å². The van der Waals surface area contributed by atoms with Gasteiger partial charge in [0.15, 0.2) is 0 Å². The van der Waals surface area contributed by atoms with Gasteiger partial charge in [0.05, 0.1) is 0 Å². The van der Waals surface area contributed by atoms with E-state index in [2.05, 4.69) is 0 Å². The summed E-state index contributed by atoms with van der Waals surface area (Å²) in [7, 11) is -0.763. The second-order valence-electron chi connectivity index (χ2n) is 3.12. The molecule has 0 saturated heterocycles. The van der Waals surface area contributed by atoms with Gasteiger partial charge in [0.25, 0.3) is 0 Å². The number of aryl methyl sites for hydroxylation is 1. The van der Waals surface area contributed by atoms with E-state index < -0.39 is 7.12 Å². The molecule has 1 heterocycles. The Kier molecular flexibility index (Phi) is 4.23. The van der Waals surface area contributed by atoms with E-state index in [1.54, 1.807) is 0 Å². The first-order chi connectivity index (χ1) is 5.68. The minimum Gasteiger partial charge on any atom is -0.452 e. The fraction of sp³-hybridized carbons (Fsp3) is 0.222. The molecule has 13 heavy (non-hydrogen) atoms. The van der Waals surface area contributed by atoms with Crippen molar-refractivity contribution in [3.63, 3.8) is 0 Å². The number of rotatable bonds is 0. The zero-order valence-electron chi connectivity index (χ0n) is 8.16. The standard InChI is InChI=1S/C9H10BO2.Rb/c1-6-3-4-9-8(5-6)7(2)12-10(9)11;/h3-5,11H,1-2H3;/q-1;+1. The van der Waals surface area contributed by atoms with E-state index in [0.29, 0.717) is 0 Å². The third-order valence-corrected chi connectivity index (χ3v) is 2.14. The molecular formula is C9H10BO2Rb. The van der Waals surface area contributed by atoms with Gasteiger partial charge in [-0.3, -0.25) is 0 Å². The van der Waals surface area contributed by atoms with E-state index in [1.165, 1.54) is 5.56 Å². The first-order valence-corrected chi connectivity index (χ1v) is 3.97. The third-order valence-electron chi connectivity index (χ3n) is 2.14. The molecule has 62 valence electrons. The minimum absolute atomic E-state index is 0. The molecule has 0 saturated carbocycles. The molecular weight excluding hydrogens is 236 g/mol. The van der Waals surface area contributed by atoms with Gasteiger partial charge in [0.1, 0.15) is 0 Å². The Balaban J connectivity index is 0.000000845. The van der Waals surface area contributed by atoms with Crippen molar-refractivity contribution in [2.45, 2.75) is 13.8 Å². The largest absolute Gasteiger partial charge is 1.00 e. The van der Waals surface area contributed by atoms with Crippen molar-refractivity contribution in [2.24, 2.45) is 0 Å². The summed E-state index contributed by atoms with van der Waals surface area (Å²) < 4.78 is 5.16. The van der Waals surface area contributed by atoms with Crippen molar-refractivity contribution in [3.8, 4) is 0 Å². The van der Waals surface area contributed by atoms with Gasteiger partial charge in [-0.25, -0.2) is 0 Å². The van der Waals surface area contributed by atoms with Gasteiger partial charge in [-0.1, -0.05) is 26.0 Å². The van der Waals surface area contributed by atoms with Crippen LogP contribution in [0.15, 0.2) is 18.2 Å². The van der Waals surface area contributed by atoms with Crippen LogP contribution in [-0.4, -0.2) is 12.1 Å². The Bertz CT molecular complexity index is 316. The van der Waals surface area contributed by atoms with Crippen molar-refractivity contribution in [1.82, 2.24) is 0 Å². The Morgan fingerprint density at radius 2 is 2.15 bits per heavy atom. The number of benzene rings is 1. The second kappa shape index (κ2) is 4.60. The predicted molar refractivity (Wildman–Crippen MR) is 47.9 cm³/mol. The Morgan fingerprint density at radius 3 is 2.85 bits per heavy atom. The van der Waals surface area contributed by atoms with Crippen LogP contribution >= 0.6 is 0 Å². The van der Waals surface area contributed by atoms with Gasteiger partial charge < -0.3 is 9.68 Å². The van der Waals surface area contributed by atoms with Crippen LogP contribution < -0.4 is 63.7 Å². The molecule has 0 aliphatic carbocycles. The van der Waals surface area contributed by atoms with Crippen LogP contribution in [0.4, 0.5) is 0 Å². The summed E-state index contributed by atoms with van der Waals surface area (Å²) in [5.41, 5.74) is 3.09. The second-order valence-corrected chi connectivity index (χ2v) is 3.12. The van der Waals surface area contributed by atoms with E-state index >= 15 is 0 Å². The van der Waals surface area contributed by atoms with Crippen LogP contribution in [0, 0.1) is 13.0 Å². The first-order valence-electron chi connectivity index (χ1n) is 3.97. The quantitative estimate of drug-likeness (QED) is 0.409. The Labute approximate surface area is 128 Å². The molecule has 1 aromatic carbocycles. The van der Waals surface area contributed by atoms with Crippen molar-refractivity contribution < 1.29 is 67.9 Å². The SMILES string of the molecule is Cc1ccc2c(c1)[C-](C)OB2O.[Rb+]. The van der Waals surface area contributed by atoms with Crippen LogP contribution in [0.3, 0.4) is 0 Å². The van der Waals surface area contributed by atoms with Crippen LogP contribution in [0.5, 0.6) is 0 Å². The van der Waals surface area contributed by atoms with Crippen LogP contribution in [0.2, 0.25) is 0 Å². The molecule has 4 heteroatoms. The zero-order chi connectivity index (χ0) is 8.72. The first kappa shape index (κ1) is 12.0. The molecule has 0 radical (unpaired) electrons. The van der Waals surface area contributed by atoms with E-state index in [-0.39, 0.29) is 58.2 Å². The normalized spacial score (nSPS) is 14.1. The van der Waals surface area contributed by atoms with Crippen LogP contribution in [0.1, 0.15) is 18.1 Å². The summed E-state index contributed by atoms with van der Waals surface area (Å²) in [6, 6.07) is 5.91. The van der Waals surface area contributed by atoms with Gasteiger partial charge in [-0.2, -0.15) is 11.6 Å². The summed E-state index contributed by atoms with van der Waals surface area (Å²) >= 11 is 0. The van der Waals surface area contributed by atoms with E-state index in [0.717, 1.165) is 17.1 Å². The van der Waals surface area contributed by atoms with Gasteiger partial charge in [-0.15, -0.1) is 17.1 Å². The maximum atomic E-state index is 9.40. The monoisotopic (exact) mass is 246 g/mol. The molecule has 1 aliphatic rings. The molecule has 2 nitrogen and oxygen atoms in total. The van der Waals surface area contributed by atoms with E-state index in [9.17, 15) is 5.02 Å². The molecule has 0 aromatic heterocycles. The molecule has 1 N–H and O–H groups in total. The third kappa shape index (κ3) is 2.28. The minimum atomic E-state index is -0.763. The zero-order valence-corrected chi connectivity index (χ0v) is 13.1. The molecule has 2 rings (SSSR count). The maximum absolute atomic E-state index is 9.40. The molecule has 0 amide bonds. The molecule has 1 aromatic rings. The fourth-order valence-corrected chi connectivity index (χ4v) is 1.48. The molecule has 0 unspecified atom stereocenters. The smallest absolute Gasteiger partial charge is 0.452 e. The summed E-state index contributed by atoms with van der Waals surface area (Å²) in [6.07, 6.45) is 0.807. The van der Waals surface area contributed by atoms with Gasteiger partial charge in [0.2, 0.25) is 0 Å². The average molecular weight is 246 g/mol. The summed E-state index contributed by atoms with van der Waals surface area (Å²) in [4.78, 5) is 0. The summed E-state index contributed by atoms with van der Waals surface area (Å²) in [5, 5.41) is 9.40. The van der Waals surface area contributed by atoms with E-state index in [1.807, 2.05) is 32.0 Å².